The largest absolute Gasteiger partial charge is 0.493 e. The smallest absolute Gasteiger partial charge is 0.339 e. The number of non-ortho nitro benzene ring substituents is 1. The van der Waals surface area contributed by atoms with E-state index in [9.17, 15) is 28.1 Å². The molecule has 4 aromatic carbocycles. The van der Waals surface area contributed by atoms with E-state index in [0.717, 1.165) is 12.1 Å². The average molecular weight is 587 g/mol. The van der Waals surface area contributed by atoms with Crippen molar-refractivity contribution in [3.05, 3.63) is 117 Å². The SMILES string of the molecule is COc1cc(/C=N\NC(=O)Cn2c3ccccc3c(=O)c3ccccc32)ccc1OS(=O)(=O)c1cccc([N+](=O)[O-])c1. The molecule has 1 aromatic heterocycles. The molecule has 0 aliphatic rings. The van der Waals surface area contributed by atoms with Crippen molar-refractivity contribution in [3.63, 3.8) is 0 Å². The van der Waals surface area contributed by atoms with Gasteiger partial charge in [0.15, 0.2) is 16.9 Å². The molecule has 12 nitrogen and oxygen atoms in total. The van der Waals surface area contributed by atoms with E-state index in [1.54, 1.807) is 53.1 Å². The maximum atomic E-state index is 12.9. The number of hydrogen-bond acceptors (Lipinski definition) is 9. The van der Waals surface area contributed by atoms with Crippen LogP contribution in [0.3, 0.4) is 0 Å². The van der Waals surface area contributed by atoms with Crippen molar-refractivity contribution in [1.29, 1.82) is 0 Å². The molecule has 0 unspecified atom stereocenters. The minimum atomic E-state index is -4.40. The zero-order chi connectivity index (χ0) is 29.9. The van der Waals surface area contributed by atoms with Crippen LogP contribution in [0.4, 0.5) is 5.69 Å². The van der Waals surface area contributed by atoms with E-state index in [1.165, 1.54) is 43.7 Å². The normalized spacial score (nSPS) is 11.5. The molecular weight excluding hydrogens is 564 g/mol. The topological polar surface area (TPSA) is 159 Å². The number of rotatable bonds is 9. The molecule has 1 heterocycles. The fourth-order valence-electron chi connectivity index (χ4n) is 4.36. The third-order valence-electron chi connectivity index (χ3n) is 6.29. The van der Waals surface area contributed by atoms with Gasteiger partial charge in [0.2, 0.25) is 0 Å². The van der Waals surface area contributed by atoms with Gasteiger partial charge in [-0.25, -0.2) is 5.43 Å². The summed E-state index contributed by atoms with van der Waals surface area (Å²) >= 11 is 0. The molecule has 0 aliphatic carbocycles. The number of carbonyl (C=O) groups excluding carboxylic acids is 1. The summed E-state index contributed by atoms with van der Waals surface area (Å²) in [6.45, 7) is -0.107. The second-order valence-electron chi connectivity index (χ2n) is 8.94. The Hall–Kier alpha value is -5.56. The molecule has 5 aromatic rings. The summed E-state index contributed by atoms with van der Waals surface area (Å²) in [5, 5.41) is 16.0. The number of nitro groups is 1. The van der Waals surface area contributed by atoms with E-state index in [1.807, 2.05) is 0 Å². The highest BCUT2D eigenvalue weighted by Gasteiger charge is 2.22. The lowest BCUT2D eigenvalue weighted by molar-refractivity contribution is -0.385. The number of nitro benzene ring substituents is 1. The van der Waals surface area contributed by atoms with Gasteiger partial charge in [-0.05, 0) is 54.1 Å². The second kappa shape index (κ2) is 11.5. The van der Waals surface area contributed by atoms with Crippen LogP contribution < -0.4 is 19.8 Å². The number of amides is 1. The summed E-state index contributed by atoms with van der Waals surface area (Å²) in [6.07, 6.45) is 1.33. The van der Waals surface area contributed by atoms with Crippen molar-refractivity contribution in [2.24, 2.45) is 5.10 Å². The Labute approximate surface area is 238 Å². The molecule has 0 atom stereocenters. The van der Waals surface area contributed by atoms with Crippen molar-refractivity contribution in [2.75, 3.05) is 7.11 Å². The fraction of sp³-hybridized carbons (Fsp3) is 0.0690. The lowest BCUT2D eigenvalue weighted by atomic mass is 10.1. The number of methoxy groups -OCH3 is 1. The molecule has 1 N–H and O–H groups in total. The Morgan fingerprint density at radius 2 is 1.62 bits per heavy atom. The average Bonchev–Trinajstić information content (AvgIpc) is 3.00. The first kappa shape index (κ1) is 28.0. The van der Waals surface area contributed by atoms with Crippen LogP contribution in [0, 0.1) is 10.1 Å². The zero-order valence-corrected chi connectivity index (χ0v) is 22.8. The number of aromatic nitrogens is 1. The summed E-state index contributed by atoms with van der Waals surface area (Å²) in [5.74, 6) is -0.548. The van der Waals surface area contributed by atoms with Gasteiger partial charge in [0.05, 0.1) is 29.3 Å². The van der Waals surface area contributed by atoms with E-state index >= 15 is 0 Å². The van der Waals surface area contributed by atoms with Crippen LogP contribution in [0.2, 0.25) is 0 Å². The molecule has 13 heteroatoms. The van der Waals surface area contributed by atoms with Crippen LogP contribution in [0.1, 0.15) is 5.56 Å². The van der Waals surface area contributed by atoms with Gasteiger partial charge in [-0.3, -0.25) is 19.7 Å². The lowest BCUT2D eigenvalue weighted by Crippen LogP contribution is -2.25. The molecule has 1 amide bonds. The fourth-order valence-corrected chi connectivity index (χ4v) is 5.34. The van der Waals surface area contributed by atoms with Gasteiger partial charge in [-0.15, -0.1) is 0 Å². The number of pyridine rings is 1. The molecule has 0 saturated carbocycles. The third-order valence-corrected chi connectivity index (χ3v) is 7.52. The highest BCUT2D eigenvalue weighted by molar-refractivity contribution is 7.87. The second-order valence-corrected chi connectivity index (χ2v) is 10.5. The Morgan fingerprint density at radius 3 is 2.26 bits per heavy atom. The van der Waals surface area contributed by atoms with Crippen molar-refractivity contribution in [1.82, 2.24) is 9.99 Å². The molecular formula is C29H22N4O8S. The predicted octanol–water partition coefficient (Wildman–Crippen LogP) is 3.99. The standard InChI is InChI=1S/C29H22N4O8S/c1-40-27-15-19(13-14-26(27)41-42(38,39)21-8-6-7-20(16-21)33(36)37)17-30-31-28(34)18-32-24-11-4-2-9-22(24)29(35)23-10-3-5-12-25(23)32/h2-17H,18H2,1H3,(H,31,34)/b30-17-. The van der Waals surface area contributed by atoms with Crippen LogP contribution in [0.5, 0.6) is 11.5 Å². The van der Waals surface area contributed by atoms with Crippen molar-refractivity contribution in [3.8, 4) is 11.5 Å². The van der Waals surface area contributed by atoms with Gasteiger partial charge >= 0.3 is 10.1 Å². The van der Waals surface area contributed by atoms with Gasteiger partial charge in [0.1, 0.15) is 11.4 Å². The minimum Gasteiger partial charge on any atom is -0.493 e. The lowest BCUT2D eigenvalue weighted by Gasteiger charge is -2.14. The maximum absolute atomic E-state index is 12.9. The number of carbonyl (C=O) groups is 1. The number of nitrogens with one attached hydrogen (secondary N) is 1. The summed E-state index contributed by atoms with van der Waals surface area (Å²) in [4.78, 5) is 35.6. The first-order chi connectivity index (χ1) is 20.2. The molecule has 0 fully saturated rings. The van der Waals surface area contributed by atoms with E-state index in [2.05, 4.69) is 10.5 Å². The molecule has 42 heavy (non-hydrogen) atoms. The summed E-state index contributed by atoms with van der Waals surface area (Å²) in [7, 11) is -3.09. The van der Waals surface area contributed by atoms with E-state index in [4.69, 9.17) is 8.92 Å². The number of para-hydroxylation sites is 2. The number of hydrazone groups is 1. The quantitative estimate of drug-likeness (QED) is 0.0892. The molecule has 212 valence electrons. The molecule has 5 rings (SSSR count). The summed E-state index contributed by atoms with van der Waals surface area (Å²) in [5.41, 5.74) is 3.62. The van der Waals surface area contributed by atoms with E-state index in [-0.39, 0.29) is 23.5 Å². The van der Waals surface area contributed by atoms with Gasteiger partial charge < -0.3 is 13.5 Å². The Bertz CT molecular complexity index is 1990. The Kier molecular flexibility index (Phi) is 7.67. The van der Waals surface area contributed by atoms with Crippen LogP contribution in [0.25, 0.3) is 21.8 Å². The van der Waals surface area contributed by atoms with E-state index in [0.29, 0.717) is 27.4 Å². The number of ether oxygens (including phenoxy) is 1. The number of hydrogen-bond donors (Lipinski definition) is 1. The van der Waals surface area contributed by atoms with Crippen molar-refractivity contribution in [2.45, 2.75) is 11.4 Å². The summed E-state index contributed by atoms with van der Waals surface area (Å²) < 4.78 is 37.6. The van der Waals surface area contributed by atoms with Crippen LogP contribution in [-0.2, 0) is 21.5 Å². The Balaban J connectivity index is 1.32. The van der Waals surface area contributed by atoms with Gasteiger partial charge in [0, 0.05) is 22.9 Å². The van der Waals surface area contributed by atoms with Gasteiger partial charge in [-0.1, -0.05) is 30.3 Å². The first-order valence-corrected chi connectivity index (χ1v) is 13.8. The predicted molar refractivity (Wildman–Crippen MR) is 155 cm³/mol. The van der Waals surface area contributed by atoms with Crippen LogP contribution in [0.15, 0.2) is 106 Å². The van der Waals surface area contributed by atoms with Crippen molar-refractivity contribution >= 4 is 49.7 Å². The summed E-state index contributed by atoms with van der Waals surface area (Å²) in [6, 6.07) is 22.8. The minimum absolute atomic E-state index is 0.0467. The van der Waals surface area contributed by atoms with Gasteiger partial charge in [0.25, 0.3) is 11.6 Å². The van der Waals surface area contributed by atoms with Crippen LogP contribution in [-0.4, -0.2) is 37.1 Å². The highest BCUT2D eigenvalue weighted by Crippen LogP contribution is 2.31. The monoisotopic (exact) mass is 586 g/mol. The number of benzene rings is 4. The Morgan fingerprint density at radius 1 is 0.952 bits per heavy atom. The highest BCUT2D eigenvalue weighted by atomic mass is 32.2. The molecule has 0 aliphatic heterocycles. The van der Waals surface area contributed by atoms with Crippen molar-refractivity contribution < 1.29 is 27.1 Å². The molecule has 0 spiro atoms. The van der Waals surface area contributed by atoms with E-state index < -0.39 is 31.5 Å². The molecule has 0 radical (unpaired) electrons. The third kappa shape index (κ3) is 5.67. The molecule has 0 bridgehead atoms. The molecule has 0 saturated heterocycles. The van der Waals surface area contributed by atoms with Crippen LogP contribution >= 0.6 is 0 Å². The number of nitrogens with zero attached hydrogens (tertiary/aromatic N) is 3. The maximum Gasteiger partial charge on any atom is 0.339 e. The van der Waals surface area contributed by atoms with Gasteiger partial charge in [-0.2, -0.15) is 13.5 Å². The zero-order valence-electron chi connectivity index (χ0n) is 22.0. The number of fused-ring (bicyclic) bond motifs is 2. The first-order valence-electron chi connectivity index (χ1n) is 12.4.